The Morgan fingerprint density at radius 3 is 2.62 bits per heavy atom. The summed E-state index contributed by atoms with van der Waals surface area (Å²) in [6.45, 7) is 2.89. The van der Waals surface area contributed by atoms with Crippen LogP contribution in [0.4, 0.5) is 5.69 Å². The van der Waals surface area contributed by atoms with Gasteiger partial charge in [0.1, 0.15) is 0 Å². The maximum absolute atomic E-state index is 12.2. The van der Waals surface area contributed by atoms with Crippen LogP contribution in [0.5, 0.6) is 0 Å². The van der Waals surface area contributed by atoms with E-state index in [-0.39, 0.29) is 5.91 Å². The number of nitrogens with one attached hydrogen (secondary N) is 1. The lowest BCUT2D eigenvalue weighted by atomic mass is 10.1. The van der Waals surface area contributed by atoms with Crippen LogP contribution >= 0.6 is 0 Å². The zero-order valence-electron chi connectivity index (χ0n) is 14.2. The summed E-state index contributed by atoms with van der Waals surface area (Å²) < 4.78 is 2.13. The Bertz CT molecular complexity index is 802. The van der Waals surface area contributed by atoms with Gasteiger partial charge in [-0.25, -0.2) is 0 Å². The van der Waals surface area contributed by atoms with Crippen molar-refractivity contribution < 1.29 is 4.79 Å². The second-order valence-electron chi connectivity index (χ2n) is 6.17. The third-order valence-electron chi connectivity index (χ3n) is 4.32. The van der Waals surface area contributed by atoms with E-state index in [0.717, 1.165) is 12.1 Å². The molecule has 0 spiro atoms. The van der Waals surface area contributed by atoms with Crippen molar-refractivity contribution in [2.24, 2.45) is 0 Å². The van der Waals surface area contributed by atoms with Gasteiger partial charge in [0.25, 0.3) is 0 Å². The Morgan fingerprint density at radius 1 is 1.04 bits per heavy atom. The van der Waals surface area contributed by atoms with Gasteiger partial charge in [-0.3, -0.25) is 4.79 Å². The summed E-state index contributed by atoms with van der Waals surface area (Å²) >= 11 is 0. The molecule has 24 heavy (non-hydrogen) atoms. The SMILES string of the molecule is CCCCc1ccc(NC(=O)CCn2ccc3ccccc32)cc1. The smallest absolute Gasteiger partial charge is 0.226 e. The molecule has 124 valence electrons. The molecule has 3 aromatic rings. The summed E-state index contributed by atoms with van der Waals surface area (Å²) in [5, 5.41) is 4.19. The van der Waals surface area contributed by atoms with Crippen molar-refractivity contribution in [2.75, 3.05) is 5.32 Å². The first-order valence-electron chi connectivity index (χ1n) is 8.69. The average Bonchev–Trinajstić information content (AvgIpc) is 3.03. The highest BCUT2D eigenvalue weighted by Gasteiger charge is 2.05. The number of anilines is 1. The number of unbranched alkanes of at least 4 members (excludes halogenated alkanes) is 1. The summed E-state index contributed by atoms with van der Waals surface area (Å²) in [5.74, 6) is 0.0501. The van der Waals surface area contributed by atoms with Crippen LogP contribution in [0, 0.1) is 0 Å². The lowest BCUT2D eigenvalue weighted by Crippen LogP contribution is -2.14. The van der Waals surface area contributed by atoms with Crippen LogP contribution in [0.3, 0.4) is 0 Å². The summed E-state index contributed by atoms with van der Waals surface area (Å²) in [6, 6.07) is 18.5. The highest BCUT2D eigenvalue weighted by atomic mass is 16.1. The topological polar surface area (TPSA) is 34.0 Å². The number of benzene rings is 2. The molecule has 1 amide bonds. The van der Waals surface area contributed by atoms with E-state index in [1.165, 1.54) is 29.3 Å². The summed E-state index contributed by atoms with van der Waals surface area (Å²) in [6.07, 6.45) is 6.02. The standard InChI is InChI=1S/C21H24N2O/c1-2-3-6-17-9-11-19(12-10-17)22-21(24)14-16-23-15-13-18-7-4-5-8-20(18)23/h4-5,7-13,15H,2-3,6,14,16H2,1H3,(H,22,24). The molecular formula is C21H24N2O. The van der Waals surface area contributed by atoms with Crippen LogP contribution in [0.1, 0.15) is 31.7 Å². The third-order valence-corrected chi connectivity index (χ3v) is 4.32. The first-order chi connectivity index (χ1) is 11.8. The lowest BCUT2D eigenvalue weighted by Gasteiger charge is -2.08. The molecule has 0 radical (unpaired) electrons. The van der Waals surface area contributed by atoms with Gasteiger partial charge in [0.2, 0.25) is 5.91 Å². The van der Waals surface area contributed by atoms with E-state index in [4.69, 9.17) is 0 Å². The van der Waals surface area contributed by atoms with E-state index in [1.54, 1.807) is 0 Å². The molecule has 3 heteroatoms. The first-order valence-corrected chi connectivity index (χ1v) is 8.69. The maximum atomic E-state index is 12.2. The number of carbonyl (C=O) groups is 1. The molecular weight excluding hydrogens is 296 g/mol. The maximum Gasteiger partial charge on any atom is 0.226 e. The zero-order valence-corrected chi connectivity index (χ0v) is 14.2. The molecule has 0 fully saturated rings. The summed E-state index contributed by atoms with van der Waals surface area (Å²) in [7, 11) is 0. The monoisotopic (exact) mass is 320 g/mol. The molecule has 3 nitrogen and oxygen atoms in total. The van der Waals surface area contributed by atoms with Crippen LogP contribution in [-0.4, -0.2) is 10.5 Å². The quantitative estimate of drug-likeness (QED) is 0.652. The Kier molecular flexibility index (Phi) is 5.32. The number of carbonyl (C=O) groups excluding carboxylic acids is 1. The van der Waals surface area contributed by atoms with Crippen LogP contribution in [0.2, 0.25) is 0 Å². The average molecular weight is 320 g/mol. The highest BCUT2D eigenvalue weighted by molar-refractivity contribution is 5.90. The molecule has 0 saturated heterocycles. The van der Waals surface area contributed by atoms with Crippen molar-refractivity contribution in [1.82, 2.24) is 4.57 Å². The number of nitrogens with zero attached hydrogens (tertiary/aromatic N) is 1. The number of aromatic nitrogens is 1. The minimum absolute atomic E-state index is 0.0501. The van der Waals surface area contributed by atoms with Gasteiger partial charge in [0, 0.05) is 30.4 Å². The molecule has 0 atom stereocenters. The molecule has 1 aromatic heterocycles. The first kappa shape index (κ1) is 16.3. The van der Waals surface area contributed by atoms with E-state index in [2.05, 4.69) is 47.1 Å². The highest BCUT2D eigenvalue weighted by Crippen LogP contribution is 2.16. The molecule has 0 unspecified atom stereocenters. The molecule has 0 bridgehead atoms. The molecule has 0 aliphatic heterocycles. The van der Waals surface area contributed by atoms with E-state index in [0.29, 0.717) is 13.0 Å². The number of amides is 1. The van der Waals surface area contributed by atoms with Gasteiger partial charge in [-0.1, -0.05) is 43.7 Å². The fourth-order valence-electron chi connectivity index (χ4n) is 2.92. The van der Waals surface area contributed by atoms with Crippen LogP contribution in [-0.2, 0) is 17.8 Å². The van der Waals surface area contributed by atoms with Gasteiger partial charge in [0.05, 0.1) is 0 Å². The van der Waals surface area contributed by atoms with E-state index in [9.17, 15) is 4.79 Å². The molecule has 1 heterocycles. The number of para-hydroxylation sites is 1. The van der Waals surface area contributed by atoms with Crippen molar-refractivity contribution in [1.29, 1.82) is 0 Å². The van der Waals surface area contributed by atoms with Crippen molar-refractivity contribution in [2.45, 2.75) is 39.2 Å². The number of rotatable bonds is 7. The minimum Gasteiger partial charge on any atom is -0.347 e. The van der Waals surface area contributed by atoms with Crippen LogP contribution < -0.4 is 5.32 Å². The Hall–Kier alpha value is -2.55. The number of aryl methyl sites for hydroxylation is 2. The summed E-state index contributed by atoms with van der Waals surface area (Å²) in [5.41, 5.74) is 3.37. The minimum atomic E-state index is 0.0501. The largest absolute Gasteiger partial charge is 0.347 e. The fraction of sp³-hybridized carbons (Fsp3) is 0.286. The van der Waals surface area contributed by atoms with Gasteiger partial charge in [-0.15, -0.1) is 0 Å². The lowest BCUT2D eigenvalue weighted by molar-refractivity contribution is -0.116. The number of hydrogen-bond donors (Lipinski definition) is 1. The van der Waals surface area contributed by atoms with E-state index in [1.807, 2.05) is 30.5 Å². The molecule has 1 N–H and O–H groups in total. The van der Waals surface area contributed by atoms with E-state index < -0.39 is 0 Å². The summed E-state index contributed by atoms with van der Waals surface area (Å²) in [4.78, 5) is 12.2. The fourth-order valence-corrected chi connectivity index (χ4v) is 2.92. The zero-order chi connectivity index (χ0) is 16.8. The van der Waals surface area contributed by atoms with Gasteiger partial charge in [-0.2, -0.15) is 0 Å². The Balaban J connectivity index is 1.54. The predicted octanol–water partition coefficient (Wildman–Crippen LogP) is 5.01. The van der Waals surface area contributed by atoms with Crippen molar-refractivity contribution in [3.63, 3.8) is 0 Å². The van der Waals surface area contributed by atoms with E-state index >= 15 is 0 Å². The Labute approximate surface area is 143 Å². The van der Waals surface area contributed by atoms with Gasteiger partial charge in [-0.05, 0) is 48.1 Å². The molecule has 3 rings (SSSR count). The molecule has 0 saturated carbocycles. The van der Waals surface area contributed by atoms with Gasteiger partial charge >= 0.3 is 0 Å². The predicted molar refractivity (Wildman–Crippen MR) is 100 cm³/mol. The van der Waals surface area contributed by atoms with Crippen molar-refractivity contribution in [3.05, 3.63) is 66.4 Å². The van der Waals surface area contributed by atoms with Crippen molar-refractivity contribution in [3.8, 4) is 0 Å². The number of fused-ring (bicyclic) bond motifs is 1. The molecule has 2 aromatic carbocycles. The van der Waals surface area contributed by atoms with Crippen LogP contribution in [0.15, 0.2) is 60.8 Å². The van der Waals surface area contributed by atoms with Gasteiger partial charge in [0.15, 0.2) is 0 Å². The number of hydrogen-bond acceptors (Lipinski definition) is 1. The third kappa shape index (κ3) is 4.05. The Morgan fingerprint density at radius 2 is 1.83 bits per heavy atom. The second kappa shape index (κ2) is 7.82. The second-order valence-corrected chi connectivity index (χ2v) is 6.17. The molecule has 0 aliphatic carbocycles. The van der Waals surface area contributed by atoms with Crippen LogP contribution in [0.25, 0.3) is 10.9 Å². The molecule has 0 aliphatic rings. The van der Waals surface area contributed by atoms with Gasteiger partial charge < -0.3 is 9.88 Å². The van der Waals surface area contributed by atoms with Crippen molar-refractivity contribution >= 4 is 22.5 Å². The normalized spacial score (nSPS) is 10.9.